The van der Waals surface area contributed by atoms with E-state index in [-0.39, 0.29) is 11.4 Å². The lowest BCUT2D eigenvalue weighted by Crippen LogP contribution is -2.45. The lowest BCUT2D eigenvalue weighted by Gasteiger charge is -2.45. The molecule has 1 heterocycles. The van der Waals surface area contributed by atoms with Crippen LogP contribution in [0.5, 0.6) is 0 Å². The summed E-state index contributed by atoms with van der Waals surface area (Å²) in [6.45, 7) is 8.29. The maximum absolute atomic E-state index is 11.1. The minimum atomic E-state index is -0.0886. The highest BCUT2D eigenvalue weighted by molar-refractivity contribution is 6.33. The van der Waals surface area contributed by atoms with E-state index in [1.54, 1.807) is 0 Å². The van der Waals surface area contributed by atoms with Crippen LogP contribution in [0.4, 0.5) is 17.1 Å². The molecule has 1 unspecified atom stereocenters. The number of amides is 1. The van der Waals surface area contributed by atoms with Gasteiger partial charge in [-0.1, -0.05) is 18.5 Å². The Kier molecular flexibility index (Phi) is 5.29. The van der Waals surface area contributed by atoms with Gasteiger partial charge in [-0.3, -0.25) is 9.79 Å². The van der Waals surface area contributed by atoms with Gasteiger partial charge in [0.2, 0.25) is 5.91 Å². The summed E-state index contributed by atoms with van der Waals surface area (Å²) in [7, 11) is 2.13. The Balaban J connectivity index is 1.87. The molecule has 2 aromatic carbocycles. The second kappa shape index (κ2) is 7.35. The Bertz CT molecular complexity index is 887. The second-order valence-electron chi connectivity index (χ2n) is 7.90. The van der Waals surface area contributed by atoms with E-state index in [1.165, 1.54) is 18.2 Å². The van der Waals surface area contributed by atoms with Gasteiger partial charge in [0.1, 0.15) is 0 Å². The van der Waals surface area contributed by atoms with E-state index in [2.05, 4.69) is 55.2 Å². The van der Waals surface area contributed by atoms with Crippen LogP contribution in [-0.4, -0.2) is 24.7 Å². The molecule has 2 aromatic rings. The smallest absolute Gasteiger partial charge is 0.221 e. The van der Waals surface area contributed by atoms with Crippen LogP contribution in [-0.2, 0) is 4.79 Å². The molecular weight excluding hydrogens is 358 g/mol. The third kappa shape index (κ3) is 4.16. The van der Waals surface area contributed by atoms with Gasteiger partial charge in [-0.25, -0.2) is 0 Å². The molecule has 0 aromatic heterocycles. The highest BCUT2D eigenvalue weighted by Gasteiger charge is 2.34. The molecule has 1 aliphatic heterocycles. The summed E-state index contributed by atoms with van der Waals surface area (Å²) in [5.41, 5.74) is 5.10. The fourth-order valence-electron chi connectivity index (χ4n) is 3.68. The number of carbonyl (C=O) groups is 1. The van der Waals surface area contributed by atoms with E-state index in [4.69, 9.17) is 11.6 Å². The summed E-state index contributed by atoms with van der Waals surface area (Å²) in [5, 5.41) is 3.45. The number of anilines is 2. The summed E-state index contributed by atoms with van der Waals surface area (Å²) >= 11 is 6.55. The SMILES string of the molecule is CC(=O)Nc1ccc(N=Cc2cc3c(cc2Cl)N(C)C(C)(C)CC3C)cc1. The van der Waals surface area contributed by atoms with Crippen LogP contribution in [0.1, 0.15) is 51.2 Å². The van der Waals surface area contributed by atoms with E-state index in [0.717, 1.165) is 23.4 Å². The Morgan fingerprint density at radius 2 is 1.96 bits per heavy atom. The number of carbonyl (C=O) groups excluding carboxylic acids is 1. The van der Waals surface area contributed by atoms with E-state index in [1.807, 2.05) is 30.5 Å². The molecule has 1 aliphatic rings. The van der Waals surface area contributed by atoms with Gasteiger partial charge in [0, 0.05) is 42.7 Å². The molecule has 142 valence electrons. The molecule has 1 amide bonds. The van der Waals surface area contributed by atoms with Crippen molar-refractivity contribution >= 4 is 40.8 Å². The lowest BCUT2D eigenvalue weighted by atomic mass is 9.80. The van der Waals surface area contributed by atoms with Gasteiger partial charge in [-0.15, -0.1) is 0 Å². The van der Waals surface area contributed by atoms with Gasteiger partial charge in [0.25, 0.3) is 0 Å². The Labute approximate surface area is 166 Å². The molecule has 5 heteroatoms. The zero-order valence-corrected chi connectivity index (χ0v) is 17.3. The normalized spacial score (nSPS) is 18.4. The quantitative estimate of drug-likeness (QED) is 0.683. The van der Waals surface area contributed by atoms with Crippen LogP contribution in [0.3, 0.4) is 0 Å². The van der Waals surface area contributed by atoms with Crippen molar-refractivity contribution in [3.63, 3.8) is 0 Å². The molecule has 0 saturated carbocycles. The predicted octanol–water partition coefficient (Wildman–Crippen LogP) is 5.77. The number of hydrogen-bond acceptors (Lipinski definition) is 3. The van der Waals surface area contributed by atoms with Crippen molar-refractivity contribution in [2.45, 2.75) is 45.6 Å². The molecule has 4 nitrogen and oxygen atoms in total. The van der Waals surface area contributed by atoms with E-state index < -0.39 is 0 Å². The molecule has 27 heavy (non-hydrogen) atoms. The first-order chi connectivity index (χ1) is 12.7. The number of benzene rings is 2. The maximum Gasteiger partial charge on any atom is 0.221 e. The standard InChI is InChI=1S/C22H26ClN3O/c1-14-12-22(3,4)26(5)21-11-20(23)16(10-19(14)21)13-24-17-6-8-18(9-7-17)25-15(2)27/h6-11,13-14H,12H2,1-5H3,(H,25,27). The number of fused-ring (bicyclic) bond motifs is 1. The van der Waals surface area contributed by atoms with E-state index in [9.17, 15) is 4.79 Å². The van der Waals surface area contributed by atoms with Gasteiger partial charge in [0.15, 0.2) is 0 Å². The van der Waals surface area contributed by atoms with Crippen molar-refractivity contribution in [3.8, 4) is 0 Å². The summed E-state index contributed by atoms with van der Waals surface area (Å²) in [4.78, 5) is 18.0. The first kappa shape index (κ1) is 19.4. The van der Waals surface area contributed by atoms with Gasteiger partial charge in [-0.05, 0) is 68.1 Å². The van der Waals surface area contributed by atoms with Gasteiger partial charge >= 0.3 is 0 Å². The van der Waals surface area contributed by atoms with Crippen molar-refractivity contribution in [3.05, 3.63) is 52.5 Å². The first-order valence-corrected chi connectivity index (χ1v) is 9.54. The number of halogens is 1. The second-order valence-corrected chi connectivity index (χ2v) is 8.30. The van der Waals surface area contributed by atoms with E-state index >= 15 is 0 Å². The van der Waals surface area contributed by atoms with Crippen LogP contribution >= 0.6 is 11.6 Å². The first-order valence-electron chi connectivity index (χ1n) is 9.16. The zero-order chi connectivity index (χ0) is 19.8. The Morgan fingerprint density at radius 3 is 2.59 bits per heavy atom. The fraction of sp³-hybridized carbons (Fsp3) is 0.364. The molecule has 0 saturated heterocycles. The van der Waals surface area contributed by atoms with Gasteiger partial charge in [0.05, 0.1) is 10.7 Å². The predicted molar refractivity (Wildman–Crippen MR) is 115 cm³/mol. The average Bonchev–Trinajstić information content (AvgIpc) is 2.59. The number of nitrogens with zero attached hydrogens (tertiary/aromatic N) is 2. The highest BCUT2D eigenvalue weighted by atomic mass is 35.5. The van der Waals surface area contributed by atoms with E-state index in [0.29, 0.717) is 10.9 Å². The molecule has 0 spiro atoms. The zero-order valence-electron chi connectivity index (χ0n) is 16.5. The molecule has 0 fully saturated rings. The number of rotatable bonds is 3. The summed E-state index contributed by atoms with van der Waals surface area (Å²) in [5.74, 6) is 0.377. The van der Waals surface area contributed by atoms with Crippen molar-refractivity contribution in [1.29, 1.82) is 0 Å². The van der Waals surface area contributed by atoms with Crippen LogP contribution in [0.2, 0.25) is 5.02 Å². The van der Waals surface area contributed by atoms with Gasteiger partial charge in [-0.2, -0.15) is 0 Å². The summed E-state index contributed by atoms with van der Waals surface area (Å²) in [6, 6.07) is 11.6. The highest BCUT2D eigenvalue weighted by Crippen LogP contribution is 2.44. The molecule has 0 aliphatic carbocycles. The Morgan fingerprint density at radius 1 is 1.30 bits per heavy atom. The van der Waals surface area contributed by atoms with Crippen LogP contribution in [0, 0.1) is 0 Å². The molecule has 0 radical (unpaired) electrons. The lowest BCUT2D eigenvalue weighted by molar-refractivity contribution is -0.114. The third-order valence-electron chi connectivity index (χ3n) is 5.29. The number of hydrogen-bond donors (Lipinski definition) is 1. The molecular formula is C22H26ClN3O. The topological polar surface area (TPSA) is 44.7 Å². The van der Waals surface area contributed by atoms with Gasteiger partial charge < -0.3 is 10.2 Å². The van der Waals surface area contributed by atoms with Crippen LogP contribution in [0.15, 0.2) is 41.4 Å². The van der Waals surface area contributed by atoms with Crippen molar-refractivity contribution in [2.75, 3.05) is 17.3 Å². The summed E-state index contributed by atoms with van der Waals surface area (Å²) < 4.78 is 0. The fourth-order valence-corrected chi connectivity index (χ4v) is 3.89. The Hall–Kier alpha value is -2.33. The minimum Gasteiger partial charge on any atom is -0.369 e. The largest absolute Gasteiger partial charge is 0.369 e. The van der Waals surface area contributed by atoms with Crippen LogP contribution in [0.25, 0.3) is 0 Å². The van der Waals surface area contributed by atoms with Crippen LogP contribution < -0.4 is 10.2 Å². The monoisotopic (exact) mass is 383 g/mol. The molecule has 1 N–H and O–H groups in total. The average molecular weight is 384 g/mol. The van der Waals surface area contributed by atoms with Crippen molar-refractivity contribution in [2.24, 2.45) is 4.99 Å². The molecule has 1 atom stereocenters. The summed E-state index contributed by atoms with van der Waals surface area (Å²) in [6.07, 6.45) is 2.90. The molecule has 0 bridgehead atoms. The molecule has 3 rings (SSSR count). The number of nitrogens with one attached hydrogen (secondary N) is 1. The van der Waals surface area contributed by atoms with Crippen molar-refractivity contribution in [1.82, 2.24) is 0 Å². The van der Waals surface area contributed by atoms with Crippen molar-refractivity contribution < 1.29 is 4.79 Å². The maximum atomic E-state index is 11.1. The minimum absolute atomic E-state index is 0.0886. The third-order valence-corrected chi connectivity index (χ3v) is 5.62. The number of aliphatic imine (C=N–C) groups is 1.